The van der Waals surface area contributed by atoms with Gasteiger partial charge in [-0.3, -0.25) is 9.79 Å². The Bertz CT molecular complexity index is 1360. The molecule has 0 aromatic carbocycles. The molecule has 0 bridgehead atoms. The minimum Gasteiger partial charge on any atom is -0.482 e. The number of halogens is 4. The second kappa shape index (κ2) is 8.68. The molecule has 0 saturated heterocycles. The molecule has 1 aliphatic carbocycles. The first-order valence-electron chi connectivity index (χ1n) is 10.9. The molecule has 0 unspecified atom stereocenters. The second-order valence-electron chi connectivity index (χ2n) is 9.13. The number of carbonyl (C=O) groups is 1. The molecule has 14 heteroatoms. The van der Waals surface area contributed by atoms with Gasteiger partial charge in [0.25, 0.3) is 5.91 Å². The van der Waals surface area contributed by atoms with Gasteiger partial charge >= 0.3 is 6.18 Å². The van der Waals surface area contributed by atoms with Gasteiger partial charge in [-0.05, 0) is 50.8 Å². The molecule has 1 aliphatic heterocycles. The Kier molecular flexibility index (Phi) is 6.22. The van der Waals surface area contributed by atoms with E-state index >= 15 is 0 Å². The van der Waals surface area contributed by atoms with Crippen LogP contribution in [0.3, 0.4) is 0 Å². The summed E-state index contributed by atoms with van der Waals surface area (Å²) in [5, 5.41) is 2.49. The van der Waals surface area contributed by atoms with Crippen LogP contribution in [0.5, 0.6) is 5.75 Å². The van der Waals surface area contributed by atoms with E-state index in [9.17, 15) is 30.8 Å². The van der Waals surface area contributed by atoms with Crippen LogP contribution in [-0.2, 0) is 15.4 Å². The highest BCUT2D eigenvalue weighted by atomic mass is 32.2. The first-order valence-corrected chi connectivity index (χ1v) is 12.5. The number of amides is 1. The zero-order chi connectivity index (χ0) is 26.5. The number of carbonyl (C=O) groups excluding carboxylic acids is 1. The highest BCUT2D eigenvalue weighted by Crippen LogP contribution is 2.47. The number of anilines is 1. The van der Waals surface area contributed by atoms with Crippen molar-refractivity contribution in [1.29, 1.82) is 0 Å². The molecule has 1 fully saturated rings. The molecular formula is C22H23F4N5O4S. The van der Waals surface area contributed by atoms with Gasteiger partial charge in [0.15, 0.2) is 16.4 Å². The van der Waals surface area contributed by atoms with Gasteiger partial charge in [0, 0.05) is 5.56 Å². The van der Waals surface area contributed by atoms with Crippen LogP contribution in [0.15, 0.2) is 29.5 Å². The largest absolute Gasteiger partial charge is 0.482 e. The molecule has 2 aromatic heterocycles. The molecule has 3 N–H and O–H groups in total. The summed E-state index contributed by atoms with van der Waals surface area (Å²) < 4.78 is 81.3. The Balaban J connectivity index is 1.58. The molecule has 4 rings (SSSR count). The van der Waals surface area contributed by atoms with Crippen molar-refractivity contribution in [2.24, 2.45) is 10.7 Å². The summed E-state index contributed by atoms with van der Waals surface area (Å²) in [6, 6.07) is 2.45. The number of pyridine rings is 2. The predicted molar refractivity (Wildman–Crippen MR) is 122 cm³/mol. The Morgan fingerprint density at radius 3 is 2.47 bits per heavy atom. The van der Waals surface area contributed by atoms with E-state index < -0.39 is 50.5 Å². The number of hydrogen-bond donors (Lipinski definition) is 2. The number of alkyl halides is 3. The second-order valence-corrected chi connectivity index (χ2v) is 11.4. The highest BCUT2D eigenvalue weighted by molar-refractivity contribution is 7.93. The molecular weight excluding hydrogens is 506 g/mol. The quantitative estimate of drug-likeness (QED) is 0.449. The maximum Gasteiger partial charge on any atom is 0.422 e. The standard InChI is InChI=1S/C22H23F4N5O4S/c1-12-6-14(35-10-22(24,25)26)9-28-16(12)18(32)30-13-7-15(17(23)29-8-13)20(2)11-36(33,34)21(4-3-5-21)19(27)31-20/h6-9H,3-5,10-11H2,1-2H3,(H2,27,31)(H,30,32)/t20-/m0/s1. The van der Waals surface area contributed by atoms with Gasteiger partial charge in [-0.2, -0.15) is 17.6 Å². The van der Waals surface area contributed by atoms with Crippen LogP contribution in [-0.4, -0.2) is 53.4 Å². The van der Waals surface area contributed by atoms with Crippen molar-refractivity contribution in [3.8, 4) is 5.75 Å². The summed E-state index contributed by atoms with van der Waals surface area (Å²) in [7, 11) is -3.74. The predicted octanol–water partition coefficient (Wildman–Crippen LogP) is 3.04. The topological polar surface area (TPSA) is 137 Å². The van der Waals surface area contributed by atoms with Crippen LogP contribution in [0.4, 0.5) is 23.2 Å². The molecule has 1 amide bonds. The van der Waals surface area contributed by atoms with Crippen LogP contribution in [0, 0.1) is 12.9 Å². The number of nitrogens with one attached hydrogen (secondary N) is 1. The molecule has 194 valence electrons. The summed E-state index contributed by atoms with van der Waals surface area (Å²) in [6.07, 6.45) is -1.09. The molecule has 1 saturated carbocycles. The van der Waals surface area contributed by atoms with E-state index in [1.807, 2.05) is 0 Å². The van der Waals surface area contributed by atoms with E-state index in [0.29, 0.717) is 19.3 Å². The van der Waals surface area contributed by atoms with E-state index in [0.717, 1.165) is 12.4 Å². The summed E-state index contributed by atoms with van der Waals surface area (Å²) in [5.74, 6) is -2.42. The van der Waals surface area contributed by atoms with E-state index in [4.69, 9.17) is 5.73 Å². The van der Waals surface area contributed by atoms with Gasteiger partial charge in [-0.1, -0.05) is 0 Å². The maximum atomic E-state index is 14.8. The van der Waals surface area contributed by atoms with Crippen molar-refractivity contribution in [1.82, 2.24) is 9.97 Å². The first-order chi connectivity index (χ1) is 16.7. The number of aliphatic imine (C=N–C) groups is 1. The number of sulfone groups is 1. The zero-order valence-electron chi connectivity index (χ0n) is 19.3. The summed E-state index contributed by atoms with van der Waals surface area (Å²) in [6.45, 7) is 1.38. The molecule has 2 aromatic rings. The fraction of sp³-hybridized carbons (Fsp3) is 0.455. The van der Waals surface area contributed by atoms with E-state index in [1.54, 1.807) is 0 Å². The fourth-order valence-corrected chi connectivity index (χ4v) is 6.90. The van der Waals surface area contributed by atoms with Gasteiger partial charge in [0.2, 0.25) is 5.95 Å². The molecule has 36 heavy (non-hydrogen) atoms. The monoisotopic (exact) mass is 529 g/mol. The van der Waals surface area contributed by atoms with Crippen molar-refractivity contribution in [3.63, 3.8) is 0 Å². The smallest absolute Gasteiger partial charge is 0.422 e. The lowest BCUT2D eigenvalue weighted by Crippen LogP contribution is -2.61. The lowest BCUT2D eigenvalue weighted by molar-refractivity contribution is -0.153. The van der Waals surface area contributed by atoms with E-state index in [-0.39, 0.29) is 34.1 Å². The first kappa shape index (κ1) is 25.8. The molecule has 3 heterocycles. The number of nitrogens with two attached hydrogens (primary N) is 1. The van der Waals surface area contributed by atoms with Crippen molar-refractivity contribution in [2.45, 2.75) is 49.6 Å². The van der Waals surface area contributed by atoms with Crippen molar-refractivity contribution in [3.05, 3.63) is 47.3 Å². The number of amidine groups is 1. The van der Waals surface area contributed by atoms with Crippen LogP contribution in [0.1, 0.15) is 47.8 Å². The third-order valence-electron chi connectivity index (χ3n) is 6.41. The lowest BCUT2D eigenvalue weighted by atomic mass is 9.82. The Morgan fingerprint density at radius 1 is 1.22 bits per heavy atom. The molecule has 1 spiro atoms. The Labute approximate surface area is 204 Å². The minimum atomic E-state index is -4.53. The SMILES string of the molecule is Cc1cc(OCC(F)(F)F)cnc1C(=O)Nc1cnc(F)c([C@]2(C)CS(=O)(=O)C3(CCC3)C(N)=N2)c1. The third-order valence-corrected chi connectivity index (χ3v) is 9.16. The van der Waals surface area contributed by atoms with Gasteiger partial charge in [0.1, 0.15) is 27.6 Å². The van der Waals surface area contributed by atoms with Crippen LogP contribution < -0.4 is 15.8 Å². The van der Waals surface area contributed by atoms with Crippen molar-refractivity contribution in [2.75, 3.05) is 17.7 Å². The average molecular weight is 530 g/mol. The number of ether oxygens (including phenoxy) is 1. The van der Waals surface area contributed by atoms with E-state index in [1.165, 1.54) is 26.0 Å². The van der Waals surface area contributed by atoms with Crippen LogP contribution in [0.25, 0.3) is 0 Å². The number of aryl methyl sites for hydroxylation is 1. The number of nitrogens with zero attached hydrogens (tertiary/aromatic N) is 3. The average Bonchev–Trinajstić information content (AvgIpc) is 2.70. The summed E-state index contributed by atoms with van der Waals surface area (Å²) in [4.78, 5) is 24.6. The van der Waals surface area contributed by atoms with Crippen LogP contribution >= 0.6 is 0 Å². The normalized spacial score (nSPS) is 22.4. The number of rotatable bonds is 5. The number of aromatic nitrogens is 2. The van der Waals surface area contributed by atoms with Crippen LogP contribution in [0.2, 0.25) is 0 Å². The van der Waals surface area contributed by atoms with Crippen molar-refractivity contribution >= 4 is 27.3 Å². The highest BCUT2D eigenvalue weighted by Gasteiger charge is 2.58. The van der Waals surface area contributed by atoms with Gasteiger partial charge in [-0.25, -0.2) is 18.4 Å². The van der Waals surface area contributed by atoms with Gasteiger partial charge < -0.3 is 15.8 Å². The fourth-order valence-electron chi connectivity index (χ4n) is 4.39. The van der Waals surface area contributed by atoms with E-state index in [2.05, 4.69) is 25.0 Å². The summed E-state index contributed by atoms with van der Waals surface area (Å²) >= 11 is 0. The maximum absolute atomic E-state index is 14.8. The summed E-state index contributed by atoms with van der Waals surface area (Å²) in [5.41, 5.74) is 4.49. The Hall–Kier alpha value is -3.29. The van der Waals surface area contributed by atoms with Crippen molar-refractivity contribution < 1.29 is 35.5 Å². The van der Waals surface area contributed by atoms with Gasteiger partial charge in [0.05, 0.1) is 23.8 Å². The number of hydrogen-bond acceptors (Lipinski definition) is 8. The lowest BCUT2D eigenvalue weighted by Gasteiger charge is -2.46. The molecule has 9 nitrogen and oxygen atoms in total. The molecule has 0 radical (unpaired) electrons. The zero-order valence-corrected chi connectivity index (χ0v) is 20.1. The third kappa shape index (κ3) is 4.61. The molecule has 1 atom stereocenters. The molecule has 2 aliphatic rings. The van der Waals surface area contributed by atoms with Gasteiger partial charge in [-0.15, -0.1) is 0 Å². The Morgan fingerprint density at radius 2 is 1.92 bits per heavy atom. The minimum absolute atomic E-state index is 0.0336.